The van der Waals surface area contributed by atoms with Gasteiger partial charge in [0, 0.05) is 39.1 Å². The molecule has 0 unspecified atom stereocenters. The molecule has 0 N–H and O–H groups in total. The molecule has 1 aliphatic heterocycles. The quantitative estimate of drug-likeness (QED) is 0.620. The van der Waals surface area contributed by atoms with Crippen LogP contribution in [0.5, 0.6) is 0 Å². The number of carbonyl (C=O) groups excluding carboxylic acids is 1. The predicted octanol–water partition coefficient (Wildman–Crippen LogP) is 0.769. The van der Waals surface area contributed by atoms with Gasteiger partial charge in [-0.3, -0.25) is 9.69 Å². The van der Waals surface area contributed by atoms with Gasteiger partial charge in [0.2, 0.25) is 0 Å². The van der Waals surface area contributed by atoms with Crippen molar-refractivity contribution in [3.63, 3.8) is 0 Å². The second-order valence-corrected chi connectivity index (χ2v) is 3.83. The summed E-state index contributed by atoms with van der Waals surface area (Å²) >= 11 is 0. The van der Waals surface area contributed by atoms with Gasteiger partial charge in [-0.25, -0.2) is 0 Å². The summed E-state index contributed by atoms with van der Waals surface area (Å²) in [6.45, 7) is 7.30. The molecule has 0 aromatic heterocycles. The summed E-state index contributed by atoms with van der Waals surface area (Å²) in [7, 11) is 2.15. The summed E-state index contributed by atoms with van der Waals surface area (Å²) in [5.74, 6) is 0.221. The summed E-state index contributed by atoms with van der Waals surface area (Å²) in [6.07, 6.45) is 4.30. The summed E-state index contributed by atoms with van der Waals surface area (Å²) in [5.41, 5.74) is 0. The SMILES string of the molecule is CCC(=O)/C=C/CN1CCN(C)CC1. The minimum absolute atomic E-state index is 0.221. The first-order chi connectivity index (χ1) is 6.72. The van der Waals surface area contributed by atoms with Gasteiger partial charge in [-0.1, -0.05) is 13.0 Å². The van der Waals surface area contributed by atoms with Crippen molar-refractivity contribution >= 4 is 5.78 Å². The molecule has 0 atom stereocenters. The number of rotatable bonds is 4. The van der Waals surface area contributed by atoms with Crippen molar-refractivity contribution in [3.8, 4) is 0 Å². The van der Waals surface area contributed by atoms with E-state index in [9.17, 15) is 4.79 Å². The van der Waals surface area contributed by atoms with Crippen LogP contribution in [0.4, 0.5) is 0 Å². The molecular formula is C11H20N2O. The third-order valence-electron chi connectivity index (χ3n) is 2.61. The molecule has 1 aliphatic rings. The third-order valence-corrected chi connectivity index (χ3v) is 2.61. The van der Waals surface area contributed by atoms with Gasteiger partial charge >= 0.3 is 0 Å². The molecule has 3 nitrogen and oxygen atoms in total. The minimum atomic E-state index is 0.221. The van der Waals surface area contributed by atoms with Crippen LogP contribution in [0.25, 0.3) is 0 Å². The van der Waals surface area contributed by atoms with Gasteiger partial charge in [-0.2, -0.15) is 0 Å². The lowest BCUT2D eigenvalue weighted by Gasteiger charge is -2.31. The van der Waals surface area contributed by atoms with Gasteiger partial charge in [0.25, 0.3) is 0 Å². The van der Waals surface area contributed by atoms with Gasteiger partial charge in [0.05, 0.1) is 0 Å². The highest BCUT2D eigenvalue weighted by atomic mass is 16.1. The zero-order valence-electron chi connectivity index (χ0n) is 9.20. The van der Waals surface area contributed by atoms with Crippen molar-refractivity contribution < 1.29 is 4.79 Å². The van der Waals surface area contributed by atoms with Gasteiger partial charge in [0.1, 0.15) is 0 Å². The Morgan fingerprint density at radius 2 is 1.93 bits per heavy atom. The first-order valence-corrected chi connectivity index (χ1v) is 5.32. The van der Waals surface area contributed by atoms with Crippen molar-refractivity contribution in [3.05, 3.63) is 12.2 Å². The molecule has 1 rings (SSSR count). The van der Waals surface area contributed by atoms with Crippen LogP contribution >= 0.6 is 0 Å². The molecule has 80 valence electrons. The Hall–Kier alpha value is -0.670. The summed E-state index contributed by atoms with van der Waals surface area (Å²) in [4.78, 5) is 15.7. The third kappa shape index (κ3) is 4.03. The fourth-order valence-electron chi connectivity index (χ4n) is 1.48. The normalized spacial score (nSPS) is 20.4. The smallest absolute Gasteiger partial charge is 0.155 e. The molecule has 0 bridgehead atoms. The lowest BCUT2D eigenvalue weighted by molar-refractivity contribution is -0.114. The van der Waals surface area contributed by atoms with E-state index in [1.165, 1.54) is 0 Å². The van der Waals surface area contributed by atoms with E-state index in [0.717, 1.165) is 32.7 Å². The first kappa shape index (κ1) is 11.4. The van der Waals surface area contributed by atoms with E-state index in [-0.39, 0.29) is 5.78 Å². The second-order valence-electron chi connectivity index (χ2n) is 3.83. The Labute approximate surface area is 86.4 Å². The Balaban J connectivity index is 2.19. The predicted molar refractivity (Wildman–Crippen MR) is 58.4 cm³/mol. The van der Waals surface area contributed by atoms with Crippen LogP contribution in [0, 0.1) is 0 Å². The van der Waals surface area contributed by atoms with Crippen LogP contribution in [-0.4, -0.2) is 55.4 Å². The Morgan fingerprint density at radius 1 is 1.29 bits per heavy atom. The molecule has 0 spiro atoms. The number of ketones is 1. The molecule has 3 heteroatoms. The molecule has 1 saturated heterocycles. The van der Waals surface area contributed by atoms with Crippen molar-refractivity contribution in [2.75, 3.05) is 39.8 Å². The van der Waals surface area contributed by atoms with Gasteiger partial charge in [-0.15, -0.1) is 0 Å². The van der Waals surface area contributed by atoms with E-state index in [2.05, 4.69) is 16.8 Å². The minimum Gasteiger partial charge on any atom is -0.304 e. The lowest BCUT2D eigenvalue weighted by Crippen LogP contribution is -2.44. The summed E-state index contributed by atoms with van der Waals surface area (Å²) < 4.78 is 0. The van der Waals surface area contributed by atoms with Crippen LogP contribution in [0.15, 0.2) is 12.2 Å². The second kappa shape index (κ2) is 5.94. The number of allylic oxidation sites excluding steroid dienone is 1. The van der Waals surface area contributed by atoms with E-state index < -0.39 is 0 Å². The summed E-state index contributed by atoms with van der Waals surface area (Å²) in [5, 5.41) is 0. The van der Waals surface area contributed by atoms with E-state index in [4.69, 9.17) is 0 Å². The number of hydrogen-bond acceptors (Lipinski definition) is 3. The highest BCUT2D eigenvalue weighted by Gasteiger charge is 2.11. The van der Waals surface area contributed by atoms with E-state index in [0.29, 0.717) is 6.42 Å². The molecule has 14 heavy (non-hydrogen) atoms. The Morgan fingerprint density at radius 3 is 2.50 bits per heavy atom. The maximum absolute atomic E-state index is 11.0. The van der Waals surface area contributed by atoms with E-state index >= 15 is 0 Å². The first-order valence-electron chi connectivity index (χ1n) is 5.32. The van der Waals surface area contributed by atoms with Gasteiger partial charge in [-0.05, 0) is 13.1 Å². The van der Waals surface area contributed by atoms with Crippen LogP contribution < -0.4 is 0 Å². The molecule has 0 radical (unpaired) electrons. The number of likely N-dealkylation sites (N-methyl/N-ethyl adjacent to an activating group) is 1. The standard InChI is InChI=1S/C11H20N2O/c1-3-11(14)5-4-6-13-9-7-12(2)8-10-13/h4-5H,3,6-10H2,1-2H3/b5-4+. The maximum atomic E-state index is 11.0. The zero-order valence-corrected chi connectivity index (χ0v) is 9.20. The molecule has 1 heterocycles. The molecular weight excluding hydrogens is 176 g/mol. The summed E-state index contributed by atoms with van der Waals surface area (Å²) in [6, 6.07) is 0. The molecule has 0 aromatic carbocycles. The van der Waals surface area contributed by atoms with E-state index in [1.807, 2.05) is 13.0 Å². The maximum Gasteiger partial charge on any atom is 0.155 e. The molecule has 0 saturated carbocycles. The van der Waals surface area contributed by atoms with Crippen molar-refractivity contribution in [2.24, 2.45) is 0 Å². The van der Waals surface area contributed by atoms with Crippen LogP contribution in [0.1, 0.15) is 13.3 Å². The lowest BCUT2D eigenvalue weighted by atomic mass is 10.2. The van der Waals surface area contributed by atoms with Crippen LogP contribution in [-0.2, 0) is 4.79 Å². The fraction of sp³-hybridized carbons (Fsp3) is 0.727. The van der Waals surface area contributed by atoms with Gasteiger partial charge in [0.15, 0.2) is 5.78 Å². The Kier molecular flexibility index (Phi) is 4.84. The average molecular weight is 196 g/mol. The van der Waals surface area contributed by atoms with Gasteiger partial charge < -0.3 is 4.90 Å². The van der Waals surface area contributed by atoms with Crippen molar-refractivity contribution in [1.29, 1.82) is 0 Å². The highest BCUT2D eigenvalue weighted by molar-refractivity contribution is 5.89. The molecule has 0 aliphatic carbocycles. The topological polar surface area (TPSA) is 23.6 Å². The molecule has 1 fully saturated rings. The molecule has 0 aromatic rings. The average Bonchev–Trinajstić information content (AvgIpc) is 2.21. The number of nitrogens with zero attached hydrogens (tertiary/aromatic N) is 2. The number of hydrogen-bond donors (Lipinski definition) is 0. The van der Waals surface area contributed by atoms with Crippen molar-refractivity contribution in [2.45, 2.75) is 13.3 Å². The monoisotopic (exact) mass is 196 g/mol. The number of carbonyl (C=O) groups is 1. The zero-order chi connectivity index (χ0) is 10.4. The fourth-order valence-corrected chi connectivity index (χ4v) is 1.48. The largest absolute Gasteiger partial charge is 0.304 e. The van der Waals surface area contributed by atoms with Crippen molar-refractivity contribution in [1.82, 2.24) is 9.80 Å². The molecule has 0 amide bonds. The van der Waals surface area contributed by atoms with Crippen LogP contribution in [0.3, 0.4) is 0 Å². The number of piperazine rings is 1. The highest BCUT2D eigenvalue weighted by Crippen LogP contribution is 1.98. The van der Waals surface area contributed by atoms with Crippen LogP contribution in [0.2, 0.25) is 0 Å². The van der Waals surface area contributed by atoms with E-state index in [1.54, 1.807) is 6.08 Å². The Bertz CT molecular complexity index is 205.